The third-order valence-electron chi connectivity index (χ3n) is 3.75. The van der Waals surface area contributed by atoms with Gasteiger partial charge in [0.2, 0.25) is 5.91 Å². The van der Waals surface area contributed by atoms with Gasteiger partial charge in [-0.3, -0.25) is 4.79 Å². The van der Waals surface area contributed by atoms with Gasteiger partial charge in [-0.15, -0.1) is 10.2 Å². The summed E-state index contributed by atoms with van der Waals surface area (Å²) in [7, 11) is 0. The zero-order chi connectivity index (χ0) is 19.2. The molecule has 3 aromatic rings. The zero-order valence-electron chi connectivity index (χ0n) is 14.7. The fourth-order valence-corrected chi connectivity index (χ4v) is 3.65. The second-order valence-electron chi connectivity index (χ2n) is 5.76. The number of nitrogens with zero attached hydrogens (tertiary/aromatic N) is 3. The molecule has 0 saturated heterocycles. The fraction of sp³-hybridized carbons (Fsp3) is 0.211. The van der Waals surface area contributed by atoms with E-state index in [2.05, 4.69) is 22.4 Å². The van der Waals surface area contributed by atoms with Crippen molar-refractivity contribution in [2.75, 3.05) is 11.1 Å². The predicted octanol–water partition coefficient (Wildman–Crippen LogP) is 5.39. The first-order chi connectivity index (χ1) is 13.1. The minimum Gasteiger partial charge on any atom is -0.324 e. The lowest BCUT2D eigenvalue weighted by Crippen LogP contribution is -2.15. The topological polar surface area (TPSA) is 59.8 Å². The molecule has 0 radical (unpaired) electrons. The predicted molar refractivity (Wildman–Crippen MR) is 112 cm³/mol. The minimum absolute atomic E-state index is 0.184. The summed E-state index contributed by atoms with van der Waals surface area (Å²) in [5.74, 6) is 0.814. The Kier molecular flexibility index (Phi) is 6.77. The van der Waals surface area contributed by atoms with Gasteiger partial charge in [0.1, 0.15) is 0 Å². The van der Waals surface area contributed by atoms with E-state index in [-0.39, 0.29) is 11.7 Å². The molecule has 2 aromatic carbocycles. The molecule has 140 valence electrons. The van der Waals surface area contributed by atoms with Crippen molar-refractivity contribution in [3.8, 4) is 11.4 Å². The number of carbonyl (C=O) groups excluding carboxylic acids is 1. The van der Waals surface area contributed by atoms with Gasteiger partial charge >= 0.3 is 0 Å². The Morgan fingerprint density at radius 2 is 1.89 bits per heavy atom. The number of amides is 1. The summed E-state index contributed by atoms with van der Waals surface area (Å²) in [5, 5.41) is 12.8. The molecule has 8 heteroatoms. The standard InChI is InChI=1S/C19H18Cl2N4OS/c1-2-11-25-18(13-7-4-3-5-8-13)23-24-19(25)27-12-16(26)22-15-10-6-9-14(20)17(15)21/h3-10H,2,11-12H2,1H3,(H,22,26). The maximum Gasteiger partial charge on any atom is 0.234 e. The SMILES string of the molecule is CCCn1c(SCC(=O)Nc2cccc(Cl)c2Cl)nnc1-c1ccccc1. The highest BCUT2D eigenvalue weighted by atomic mass is 35.5. The number of thioether (sulfide) groups is 1. The zero-order valence-corrected chi connectivity index (χ0v) is 17.0. The molecule has 1 heterocycles. The highest BCUT2D eigenvalue weighted by molar-refractivity contribution is 7.99. The van der Waals surface area contributed by atoms with Crippen molar-refractivity contribution in [1.82, 2.24) is 14.8 Å². The van der Waals surface area contributed by atoms with Gasteiger partial charge in [-0.2, -0.15) is 0 Å². The van der Waals surface area contributed by atoms with E-state index in [1.165, 1.54) is 11.8 Å². The van der Waals surface area contributed by atoms with Gasteiger partial charge in [0, 0.05) is 12.1 Å². The number of nitrogens with one attached hydrogen (secondary N) is 1. The molecule has 0 spiro atoms. The molecule has 0 aliphatic rings. The van der Waals surface area contributed by atoms with Crippen LogP contribution in [-0.2, 0) is 11.3 Å². The summed E-state index contributed by atoms with van der Waals surface area (Å²) in [5.41, 5.74) is 1.50. The fourth-order valence-electron chi connectivity index (χ4n) is 2.54. The van der Waals surface area contributed by atoms with Crippen molar-refractivity contribution < 1.29 is 4.79 Å². The van der Waals surface area contributed by atoms with Crippen LogP contribution in [0, 0.1) is 0 Å². The third-order valence-corrected chi connectivity index (χ3v) is 5.54. The monoisotopic (exact) mass is 420 g/mol. The number of anilines is 1. The number of carbonyl (C=O) groups is 1. The molecule has 1 N–H and O–H groups in total. The molecular weight excluding hydrogens is 403 g/mol. The van der Waals surface area contributed by atoms with Crippen molar-refractivity contribution in [1.29, 1.82) is 0 Å². The smallest absolute Gasteiger partial charge is 0.234 e. The second-order valence-corrected chi connectivity index (χ2v) is 7.49. The summed E-state index contributed by atoms with van der Waals surface area (Å²) < 4.78 is 2.04. The van der Waals surface area contributed by atoms with E-state index in [9.17, 15) is 4.79 Å². The molecular formula is C19H18Cl2N4OS. The summed E-state index contributed by atoms with van der Waals surface area (Å²) in [6.07, 6.45) is 0.940. The van der Waals surface area contributed by atoms with E-state index in [0.29, 0.717) is 20.9 Å². The van der Waals surface area contributed by atoms with E-state index in [1.807, 2.05) is 34.9 Å². The summed E-state index contributed by atoms with van der Waals surface area (Å²) in [6, 6.07) is 15.0. The Labute approximate surface area is 172 Å². The van der Waals surface area contributed by atoms with Gasteiger partial charge in [-0.25, -0.2) is 0 Å². The molecule has 27 heavy (non-hydrogen) atoms. The van der Waals surface area contributed by atoms with Gasteiger partial charge in [0.15, 0.2) is 11.0 Å². The first-order valence-electron chi connectivity index (χ1n) is 8.45. The number of hydrogen-bond donors (Lipinski definition) is 1. The van der Waals surface area contributed by atoms with Crippen LogP contribution in [0.4, 0.5) is 5.69 Å². The lowest BCUT2D eigenvalue weighted by Gasteiger charge is -2.10. The van der Waals surface area contributed by atoms with Crippen molar-refractivity contribution in [2.45, 2.75) is 25.0 Å². The van der Waals surface area contributed by atoms with Crippen LogP contribution < -0.4 is 5.32 Å². The highest BCUT2D eigenvalue weighted by Crippen LogP contribution is 2.30. The Morgan fingerprint density at radius 1 is 1.11 bits per heavy atom. The first kappa shape index (κ1) is 19.7. The van der Waals surface area contributed by atoms with Crippen LogP contribution in [0.15, 0.2) is 53.7 Å². The highest BCUT2D eigenvalue weighted by Gasteiger charge is 2.15. The normalized spacial score (nSPS) is 10.8. The van der Waals surface area contributed by atoms with Crippen molar-refractivity contribution in [2.24, 2.45) is 0 Å². The Morgan fingerprint density at radius 3 is 2.63 bits per heavy atom. The van der Waals surface area contributed by atoms with Gasteiger partial charge in [-0.05, 0) is 18.6 Å². The van der Waals surface area contributed by atoms with Crippen LogP contribution in [0.25, 0.3) is 11.4 Å². The molecule has 1 amide bonds. The molecule has 0 bridgehead atoms. The van der Waals surface area contributed by atoms with Gasteiger partial charge < -0.3 is 9.88 Å². The van der Waals surface area contributed by atoms with Crippen molar-refractivity contribution >= 4 is 46.6 Å². The van der Waals surface area contributed by atoms with E-state index in [0.717, 1.165) is 24.4 Å². The van der Waals surface area contributed by atoms with Crippen LogP contribution in [0.5, 0.6) is 0 Å². The molecule has 0 atom stereocenters. The van der Waals surface area contributed by atoms with E-state index in [1.54, 1.807) is 18.2 Å². The van der Waals surface area contributed by atoms with Crippen LogP contribution in [0.3, 0.4) is 0 Å². The number of hydrogen-bond acceptors (Lipinski definition) is 4. The van der Waals surface area contributed by atoms with Crippen LogP contribution >= 0.6 is 35.0 Å². The number of aromatic nitrogens is 3. The molecule has 0 aliphatic carbocycles. The lowest BCUT2D eigenvalue weighted by atomic mass is 10.2. The molecule has 1 aromatic heterocycles. The lowest BCUT2D eigenvalue weighted by molar-refractivity contribution is -0.113. The van der Waals surface area contributed by atoms with Gasteiger partial charge in [-0.1, -0.05) is 78.3 Å². The Bertz CT molecular complexity index is 931. The summed E-state index contributed by atoms with van der Waals surface area (Å²) in [6.45, 7) is 2.87. The average Bonchev–Trinajstić information content (AvgIpc) is 3.07. The summed E-state index contributed by atoms with van der Waals surface area (Å²) in [4.78, 5) is 12.3. The van der Waals surface area contributed by atoms with E-state index >= 15 is 0 Å². The van der Waals surface area contributed by atoms with Crippen molar-refractivity contribution in [3.05, 3.63) is 58.6 Å². The number of benzene rings is 2. The molecule has 0 fully saturated rings. The maximum absolute atomic E-state index is 12.3. The Balaban J connectivity index is 1.71. The summed E-state index contributed by atoms with van der Waals surface area (Å²) >= 11 is 13.4. The Hall–Kier alpha value is -2.02. The number of rotatable bonds is 7. The molecule has 0 aliphatic heterocycles. The largest absolute Gasteiger partial charge is 0.324 e. The molecule has 0 saturated carbocycles. The first-order valence-corrected chi connectivity index (χ1v) is 10.2. The van der Waals surface area contributed by atoms with Crippen LogP contribution in [-0.4, -0.2) is 26.4 Å². The molecule has 0 unspecified atom stereocenters. The third kappa shape index (κ3) is 4.83. The number of halogens is 2. The van der Waals surface area contributed by atoms with E-state index in [4.69, 9.17) is 23.2 Å². The minimum atomic E-state index is -0.184. The second kappa shape index (κ2) is 9.26. The van der Waals surface area contributed by atoms with Gasteiger partial charge in [0.25, 0.3) is 0 Å². The van der Waals surface area contributed by atoms with E-state index < -0.39 is 0 Å². The maximum atomic E-state index is 12.3. The molecule has 3 rings (SSSR count). The van der Waals surface area contributed by atoms with Crippen LogP contribution in [0.1, 0.15) is 13.3 Å². The van der Waals surface area contributed by atoms with Gasteiger partial charge in [0.05, 0.1) is 21.5 Å². The quantitative estimate of drug-likeness (QED) is 0.520. The molecule has 5 nitrogen and oxygen atoms in total. The average molecular weight is 421 g/mol. The van der Waals surface area contributed by atoms with Crippen molar-refractivity contribution in [3.63, 3.8) is 0 Å². The van der Waals surface area contributed by atoms with Crippen LogP contribution in [0.2, 0.25) is 10.0 Å².